The van der Waals surface area contributed by atoms with Gasteiger partial charge < -0.3 is 9.80 Å². The van der Waals surface area contributed by atoms with Gasteiger partial charge in [0, 0.05) is 70.9 Å². The van der Waals surface area contributed by atoms with Crippen LogP contribution in [0.1, 0.15) is 17.5 Å². The highest BCUT2D eigenvalue weighted by Crippen LogP contribution is 2.17. The molecule has 1 saturated heterocycles. The monoisotopic (exact) mass is 365 g/mol. The van der Waals surface area contributed by atoms with Gasteiger partial charge in [0.2, 0.25) is 11.9 Å². The molecule has 142 valence electrons. The van der Waals surface area contributed by atoms with Crippen LogP contribution in [0.3, 0.4) is 0 Å². The molecule has 0 saturated carbocycles. The Morgan fingerprint density at radius 2 is 1.89 bits per heavy atom. The highest BCUT2D eigenvalue weighted by molar-refractivity contribution is 5.91. The highest BCUT2D eigenvalue weighted by atomic mass is 16.2. The van der Waals surface area contributed by atoms with E-state index in [0.29, 0.717) is 5.95 Å². The fourth-order valence-electron chi connectivity index (χ4n) is 3.23. The topological polar surface area (TPSA) is 52.6 Å². The van der Waals surface area contributed by atoms with E-state index in [1.807, 2.05) is 37.0 Å². The van der Waals surface area contributed by atoms with Gasteiger partial charge in [-0.1, -0.05) is 30.3 Å². The molecule has 1 amide bonds. The number of hydrogen-bond acceptors (Lipinski definition) is 5. The van der Waals surface area contributed by atoms with Gasteiger partial charge in [0.05, 0.1) is 0 Å². The first-order chi connectivity index (χ1) is 13.0. The summed E-state index contributed by atoms with van der Waals surface area (Å²) in [5, 5.41) is 0. The fourth-order valence-corrected chi connectivity index (χ4v) is 3.23. The number of likely N-dealkylation sites (N-methyl/N-ethyl adjacent to an activating group) is 1. The van der Waals surface area contributed by atoms with Crippen LogP contribution in [0.15, 0.2) is 48.8 Å². The van der Waals surface area contributed by atoms with E-state index in [1.165, 1.54) is 5.56 Å². The highest BCUT2D eigenvalue weighted by Gasteiger charge is 2.27. The minimum atomic E-state index is 0.0123. The lowest BCUT2D eigenvalue weighted by atomic mass is 10.2. The van der Waals surface area contributed by atoms with Gasteiger partial charge in [-0.2, -0.15) is 0 Å². The molecule has 0 bridgehead atoms. The number of hydrogen-bond donors (Lipinski definition) is 0. The van der Waals surface area contributed by atoms with E-state index in [2.05, 4.69) is 39.1 Å². The summed E-state index contributed by atoms with van der Waals surface area (Å²) in [7, 11) is 5.67. The predicted molar refractivity (Wildman–Crippen MR) is 108 cm³/mol. The molecule has 2 aromatic rings. The summed E-state index contributed by atoms with van der Waals surface area (Å²) in [5.41, 5.74) is 2.13. The van der Waals surface area contributed by atoms with Crippen LogP contribution in [-0.2, 0) is 11.3 Å². The smallest absolute Gasteiger partial charge is 0.246 e. The normalized spacial score (nSPS) is 17.4. The minimum absolute atomic E-state index is 0.0123. The molecule has 27 heavy (non-hydrogen) atoms. The maximum atomic E-state index is 12.5. The molecule has 6 nitrogen and oxygen atoms in total. The standard InChI is InChI=1S/C21H27N5O/c1-24(2)21-22-13-18(14-23-21)9-10-20(27)25(3)19-11-12-26(16-19)15-17-7-5-4-6-8-17/h4-10,13-14,19H,11-12,15-16H2,1-3H3/t19-/m1/s1. The molecule has 6 heteroatoms. The van der Waals surface area contributed by atoms with Crippen LogP contribution >= 0.6 is 0 Å². The van der Waals surface area contributed by atoms with Crippen molar-refractivity contribution in [2.24, 2.45) is 0 Å². The van der Waals surface area contributed by atoms with E-state index < -0.39 is 0 Å². The molecular formula is C21H27N5O. The van der Waals surface area contributed by atoms with Crippen LogP contribution in [0.5, 0.6) is 0 Å². The molecule has 0 aliphatic carbocycles. The number of anilines is 1. The van der Waals surface area contributed by atoms with Crippen molar-refractivity contribution in [3.05, 3.63) is 59.9 Å². The van der Waals surface area contributed by atoms with Crippen LogP contribution in [0.4, 0.5) is 5.95 Å². The number of carbonyl (C=O) groups excluding carboxylic acids is 1. The summed E-state index contributed by atoms with van der Waals surface area (Å²) >= 11 is 0. The van der Waals surface area contributed by atoms with Gasteiger partial charge in [-0.25, -0.2) is 9.97 Å². The zero-order valence-corrected chi connectivity index (χ0v) is 16.2. The molecule has 0 radical (unpaired) electrons. The van der Waals surface area contributed by atoms with Gasteiger partial charge in [-0.3, -0.25) is 9.69 Å². The lowest BCUT2D eigenvalue weighted by molar-refractivity contribution is -0.126. The second-order valence-corrected chi connectivity index (χ2v) is 7.16. The van der Waals surface area contributed by atoms with E-state index in [0.717, 1.165) is 31.6 Å². The third-order valence-corrected chi connectivity index (χ3v) is 4.87. The van der Waals surface area contributed by atoms with Gasteiger partial charge in [-0.15, -0.1) is 0 Å². The molecule has 1 aromatic carbocycles. The maximum absolute atomic E-state index is 12.5. The zero-order valence-electron chi connectivity index (χ0n) is 16.2. The predicted octanol–water partition coefficient (Wildman–Crippen LogP) is 2.29. The van der Waals surface area contributed by atoms with Crippen molar-refractivity contribution in [1.29, 1.82) is 0 Å². The molecule has 1 aliphatic rings. The van der Waals surface area contributed by atoms with Crippen molar-refractivity contribution in [3.63, 3.8) is 0 Å². The van der Waals surface area contributed by atoms with Gasteiger partial charge in [0.25, 0.3) is 0 Å². The summed E-state index contributed by atoms with van der Waals surface area (Å²) in [6, 6.07) is 10.7. The third kappa shape index (κ3) is 5.14. The summed E-state index contributed by atoms with van der Waals surface area (Å²) < 4.78 is 0. The molecule has 1 atom stereocenters. The van der Waals surface area contributed by atoms with E-state index in [1.54, 1.807) is 24.5 Å². The van der Waals surface area contributed by atoms with Crippen molar-refractivity contribution in [2.45, 2.75) is 19.0 Å². The van der Waals surface area contributed by atoms with Crippen molar-refractivity contribution >= 4 is 17.9 Å². The average molecular weight is 365 g/mol. The second-order valence-electron chi connectivity index (χ2n) is 7.16. The number of amides is 1. The number of likely N-dealkylation sites (tertiary alicyclic amines) is 1. The van der Waals surface area contributed by atoms with E-state index in [4.69, 9.17) is 0 Å². The Bertz CT molecular complexity index is 773. The summed E-state index contributed by atoms with van der Waals surface area (Å²) in [6.07, 6.45) is 7.83. The van der Waals surface area contributed by atoms with Crippen LogP contribution in [-0.4, -0.2) is 65.9 Å². The number of aromatic nitrogens is 2. The van der Waals surface area contributed by atoms with Gasteiger partial charge >= 0.3 is 0 Å². The van der Waals surface area contributed by atoms with Crippen molar-refractivity contribution in [2.75, 3.05) is 39.1 Å². The lowest BCUT2D eigenvalue weighted by Gasteiger charge is -2.24. The Labute approximate surface area is 161 Å². The SMILES string of the molecule is CN(C)c1ncc(C=CC(=O)N(C)[C@@H]2CCN(Cc3ccccc3)C2)cn1. The van der Waals surface area contributed by atoms with E-state index in [9.17, 15) is 4.79 Å². The Kier molecular flexibility index (Phi) is 6.19. The number of benzene rings is 1. The first-order valence-corrected chi connectivity index (χ1v) is 9.23. The van der Waals surface area contributed by atoms with Crippen molar-refractivity contribution in [3.8, 4) is 0 Å². The minimum Gasteiger partial charge on any atom is -0.347 e. The van der Waals surface area contributed by atoms with Crippen LogP contribution in [0.2, 0.25) is 0 Å². The number of rotatable bonds is 6. The maximum Gasteiger partial charge on any atom is 0.246 e. The fraction of sp³-hybridized carbons (Fsp3) is 0.381. The average Bonchev–Trinajstić information content (AvgIpc) is 3.15. The van der Waals surface area contributed by atoms with Crippen LogP contribution in [0.25, 0.3) is 6.08 Å². The quantitative estimate of drug-likeness (QED) is 0.735. The Morgan fingerprint density at radius 3 is 2.56 bits per heavy atom. The molecular weight excluding hydrogens is 338 g/mol. The van der Waals surface area contributed by atoms with Crippen molar-refractivity contribution < 1.29 is 4.79 Å². The second kappa shape index (κ2) is 8.77. The summed E-state index contributed by atoms with van der Waals surface area (Å²) in [6.45, 7) is 2.86. The molecule has 3 rings (SSSR count). The first-order valence-electron chi connectivity index (χ1n) is 9.23. The Hall–Kier alpha value is -2.73. The number of carbonyl (C=O) groups is 1. The third-order valence-electron chi connectivity index (χ3n) is 4.87. The molecule has 2 heterocycles. The molecule has 0 unspecified atom stereocenters. The van der Waals surface area contributed by atoms with E-state index in [-0.39, 0.29) is 11.9 Å². The zero-order chi connectivity index (χ0) is 19.2. The number of nitrogens with zero attached hydrogens (tertiary/aromatic N) is 5. The first kappa shape index (κ1) is 19.0. The van der Waals surface area contributed by atoms with Crippen molar-refractivity contribution in [1.82, 2.24) is 19.8 Å². The lowest BCUT2D eigenvalue weighted by Crippen LogP contribution is -2.38. The van der Waals surface area contributed by atoms with Gasteiger partial charge in [0.15, 0.2) is 0 Å². The largest absolute Gasteiger partial charge is 0.347 e. The molecule has 1 fully saturated rings. The van der Waals surface area contributed by atoms with E-state index >= 15 is 0 Å². The molecule has 1 aromatic heterocycles. The Morgan fingerprint density at radius 1 is 1.19 bits per heavy atom. The molecule has 1 aliphatic heterocycles. The Balaban J connectivity index is 1.52. The molecule has 0 spiro atoms. The summed E-state index contributed by atoms with van der Waals surface area (Å²) in [5.74, 6) is 0.665. The van der Waals surface area contributed by atoms with Gasteiger partial charge in [-0.05, 0) is 18.1 Å². The van der Waals surface area contributed by atoms with Gasteiger partial charge in [0.1, 0.15) is 0 Å². The summed E-state index contributed by atoms with van der Waals surface area (Å²) in [4.78, 5) is 27.1. The van der Waals surface area contributed by atoms with Crippen LogP contribution < -0.4 is 4.90 Å². The van der Waals surface area contributed by atoms with Crippen LogP contribution in [0, 0.1) is 0 Å². The molecule has 0 N–H and O–H groups in total.